The van der Waals surface area contributed by atoms with Gasteiger partial charge in [0.2, 0.25) is 0 Å². The maximum Gasteiger partial charge on any atom is 0.339 e. The molecule has 100 valence electrons. The lowest BCUT2D eigenvalue weighted by Gasteiger charge is -2.20. The number of ether oxygens (including phenoxy) is 1. The summed E-state index contributed by atoms with van der Waals surface area (Å²) >= 11 is 6.85. The Hall–Kier alpha value is -0.390. The van der Waals surface area contributed by atoms with Crippen LogP contribution in [0.15, 0.2) is 18.2 Å². The Morgan fingerprint density at radius 2 is 1.89 bits per heavy atom. The second-order valence-electron chi connectivity index (χ2n) is 4.22. The van der Waals surface area contributed by atoms with Gasteiger partial charge in [0.05, 0.1) is 5.56 Å². The number of rotatable bonds is 5. The molecule has 0 aliphatic carbocycles. The predicted octanol–water partition coefficient (Wildman–Crippen LogP) is 3.54. The van der Waals surface area contributed by atoms with Crippen LogP contribution < -0.4 is 0 Å². The second-order valence-corrected chi connectivity index (χ2v) is 5.34. The van der Waals surface area contributed by atoms with E-state index in [2.05, 4.69) is 31.9 Å². The van der Waals surface area contributed by atoms with Crippen molar-refractivity contribution in [3.05, 3.63) is 34.9 Å². The quantitative estimate of drug-likeness (QED) is 0.446. The van der Waals surface area contributed by atoms with Gasteiger partial charge in [0.25, 0.3) is 0 Å². The third-order valence-corrected chi connectivity index (χ3v) is 3.94. The smallest absolute Gasteiger partial charge is 0.339 e. The lowest BCUT2D eigenvalue weighted by molar-refractivity contribution is -0.00547. The lowest BCUT2D eigenvalue weighted by atomic mass is 10.1. The molecule has 0 saturated carbocycles. The van der Waals surface area contributed by atoms with Gasteiger partial charge in [-0.2, -0.15) is 0 Å². The van der Waals surface area contributed by atoms with Crippen molar-refractivity contribution < 1.29 is 9.53 Å². The van der Waals surface area contributed by atoms with Crippen LogP contribution in [-0.4, -0.2) is 31.2 Å². The van der Waals surface area contributed by atoms with Crippen molar-refractivity contribution in [3.63, 3.8) is 0 Å². The minimum Gasteiger partial charge on any atom is -0.443 e. The molecule has 0 heterocycles. The van der Waals surface area contributed by atoms with Gasteiger partial charge in [-0.25, -0.2) is 4.79 Å². The standard InChI is InChI=1S/C13H17Br2NO2/c1-9(16(2)3)18-13(17)10-4-5-11(7-14)12(6-10)8-15/h4-6,9H,7-8H2,1-3H3. The molecule has 0 fully saturated rings. The van der Waals surface area contributed by atoms with E-state index in [1.807, 2.05) is 38.1 Å². The van der Waals surface area contributed by atoms with Gasteiger partial charge in [0.1, 0.15) is 0 Å². The average Bonchev–Trinajstić information content (AvgIpc) is 2.37. The van der Waals surface area contributed by atoms with Gasteiger partial charge in [0.15, 0.2) is 6.23 Å². The topological polar surface area (TPSA) is 29.5 Å². The van der Waals surface area contributed by atoms with Gasteiger partial charge in [-0.15, -0.1) is 0 Å². The number of hydrogen-bond donors (Lipinski definition) is 0. The number of benzene rings is 1. The molecule has 1 atom stereocenters. The van der Waals surface area contributed by atoms with Crippen LogP contribution >= 0.6 is 31.9 Å². The van der Waals surface area contributed by atoms with Crippen molar-refractivity contribution in [2.45, 2.75) is 23.8 Å². The molecule has 18 heavy (non-hydrogen) atoms. The maximum absolute atomic E-state index is 12.0. The molecule has 0 spiro atoms. The van der Waals surface area contributed by atoms with Gasteiger partial charge < -0.3 is 4.74 Å². The molecule has 1 aromatic rings. The first-order valence-corrected chi connectivity index (χ1v) is 7.85. The van der Waals surface area contributed by atoms with Crippen molar-refractivity contribution in [1.82, 2.24) is 4.90 Å². The highest BCUT2D eigenvalue weighted by Crippen LogP contribution is 2.19. The molecule has 3 nitrogen and oxygen atoms in total. The summed E-state index contributed by atoms with van der Waals surface area (Å²) in [5.41, 5.74) is 2.85. The van der Waals surface area contributed by atoms with E-state index in [9.17, 15) is 4.79 Å². The average molecular weight is 379 g/mol. The molecular weight excluding hydrogens is 362 g/mol. The van der Waals surface area contributed by atoms with Crippen molar-refractivity contribution >= 4 is 37.8 Å². The van der Waals surface area contributed by atoms with Gasteiger partial charge in [-0.1, -0.05) is 37.9 Å². The molecule has 0 radical (unpaired) electrons. The zero-order valence-corrected chi connectivity index (χ0v) is 13.9. The van der Waals surface area contributed by atoms with E-state index in [4.69, 9.17) is 4.74 Å². The van der Waals surface area contributed by atoms with Crippen LogP contribution in [0.4, 0.5) is 0 Å². The molecule has 0 aromatic heterocycles. The fraction of sp³-hybridized carbons (Fsp3) is 0.462. The summed E-state index contributed by atoms with van der Waals surface area (Å²) in [5, 5.41) is 1.50. The van der Waals surface area contributed by atoms with Crippen LogP contribution in [0.5, 0.6) is 0 Å². The molecule has 0 amide bonds. The van der Waals surface area contributed by atoms with E-state index in [0.717, 1.165) is 16.2 Å². The summed E-state index contributed by atoms with van der Waals surface area (Å²) in [6.07, 6.45) is -0.235. The molecule has 1 unspecified atom stereocenters. The highest BCUT2D eigenvalue weighted by Gasteiger charge is 2.14. The Morgan fingerprint density at radius 3 is 2.39 bits per heavy atom. The molecule has 0 N–H and O–H groups in total. The van der Waals surface area contributed by atoms with Crippen LogP contribution in [0, 0.1) is 0 Å². The first kappa shape index (κ1) is 15.7. The number of alkyl halides is 2. The summed E-state index contributed by atoms with van der Waals surface area (Å²) in [6.45, 7) is 1.84. The van der Waals surface area contributed by atoms with E-state index in [-0.39, 0.29) is 12.2 Å². The highest BCUT2D eigenvalue weighted by molar-refractivity contribution is 9.09. The molecule has 0 bridgehead atoms. The summed E-state index contributed by atoms with van der Waals surface area (Å²) in [7, 11) is 3.74. The van der Waals surface area contributed by atoms with E-state index >= 15 is 0 Å². The highest BCUT2D eigenvalue weighted by atomic mass is 79.9. The predicted molar refractivity (Wildman–Crippen MR) is 80.3 cm³/mol. The zero-order chi connectivity index (χ0) is 13.7. The van der Waals surface area contributed by atoms with Crippen molar-refractivity contribution in [2.24, 2.45) is 0 Å². The molecule has 5 heteroatoms. The minimum atomic E-state index is -0.292. The molecular formula is C13H17Br2NO2. The van der Waals surface area contributed by atoms with Crippen molar-refractivity contribution in [2.75, 3.05) is 14.1 Å². The number of hydrogen-bond acceptors (Lipinski definition) is 3. The van der Waals surface area contributed by atoms with E-state index in [0.29, 0.717) is 5.56 Å². The maximum atomic E-state index is 12.0. The first-order valence-electron chi connectivity index (χ1n) is 5.60. The van der Waals surface area contributed by atoms with Crippen LogP contribution in [0.25, 0.3) is 0 Å². The molecule has 1 rings (SSSR count). The fourth-order valence-corrected chi connectivity index (χ4v) is 2.41. The Bertz CT molecular complexity index is 421. The Balaban J connectivity index is 2.87. The fourth-order valence-electron chi connectivity index (χ4n) is 1.34. The molecule has 0 aliphatic rings. The first-order chi connectivity index (χ1) is 8.49. The Kier molecular flexibility index (Phi) is 6.32. The van der Waals surface area contributed by atoms with Gasteiger partial charge in [-0.3, -0.25) is 4.90 Å². The second kappa shape index (κ2) is 7.26. The normalized spacial score (nSPS) is 12.6. The monoisotopic (exact) mass is 377 g/mol. The van der Waals surface area contributed by atoms with Crippen LogP contribution in [0.2, 0.25) is 0 Å². The van der Waals surface area contributed by atoms with Crippen LogP contribution in [0.1, 0.15) is 28.4 Å². The van der Waals surface area contributed by atoms with Gasteiger partial charge >= 0.3 is 5.97 Å². The number of carbonyl (C=O) groups excluding carboxylic acids is 1. The number of halogens is 2. The molecule has 0 aliphatic heterocycles. The third-order valence-electron chi connectivity index (χ3n) is 2.73. The molecule has 1 aromatic carbocycles. The zero-order valence-electron chi connectivity index (χ0n) is 10.7. The van der Waals surface area contributed by atoms with Crippen molar-refractivity contribution in [3.8, 4) is 0 Å². The number of nitrogens with zero attached hydrogens (tertiary/aromatic N) is 1. The minimum absolute atomic E-state index is 0.235. The number of esters is 1. The van der Waals surface area contributed by atoms with E-state index < -0.39 is 0 Å². The number of carbonyl (C=O) groups is 1. The summed E-state index contributed by atoms with van der Waals surface area (Å²) in [4.78, 5) is 13.8. The SMILES string of the molecule is CC(OC(=O)c1ccc(CBr)c(CBr)c1)N(C)C. The summed E-state index contributed by atoms with van der Waals surface area (Å²) in [5.74, 6) is -0.292. The van der Waals surface area contributed by atoms with Gasteiger partial charge in [0, 0.05) is 10.7 Å². The van der Waals surface area contributed by atoms with E-state index in [1.165, 1.54) is 5.56 Å². The van der Waals surface area contributed by atoms with E-state index in [1.54, 1.807) is 6.07 Å². The Labute approximate surface area is 125 Å². The summed E-state index contributed by atoms with van der Waals surface area (Å²) in [6, 6.07) is 5.62. The largest absolute Gasteiger partial charge is 0.443 e. The third kappa shape index (κ3) is 4.07. The van der Waals surface area contributed by atoms with Crippen molar-refractivity contribution in [1.29, 1.82) is 0 Å². The van der Waals surface area contributed by atoms with Crippen LogP contribution in [-0.2, 0) is 15.4 Å². The summed E-state index contributed by atoms with van der Waals surface area (Å²) < 4.78 is 5.33. The molecule has 0 saturated heterocycles. The lowest BCUT2D eigenvalue weighted by Crippen LogP contribution is -2.30. The Morgan fingerprint density at radius 1 is 1.28 bits per heavy atom. The van der Waals surface area contributed by atoms with Crippen LogP contribution in [0.3, 0.4) is 0 Å². The van der Waals surface area contributed by atoms with Gasteiger partial charge in [-0.05, 0) is 44.3 Å².